The number of hydrogen-bond donors (Lipinski definition) is 0. The summed E-state index contributed by atoms with van der Waals surface area (Å²) in [5, 5.41) is 0.560. The number of amides is 1. The minimum Gasteiger partial charge on any atom is -0.408 e. The summed E-state index contributed by atoms with van der Waals surface area (Å²) in [6.07, 6.45) is 1.69. The Morgan fingerprint density at radius 3 is 2.60 bits per heavy atom. The van der Waals surface area contributed by atoms with E-state index in [1.165, 1.54) is 11.1 Å². The largest absolute Gasteiger partial charge is 0.420 e. The van der Waals surface area contributed by atoms with Crippen LogP contribution in [0.25, 0.3) is 11.1 Å². The molecule has 2 aliphatic heterocycles. The van der Waals surface area contributed by atoms with Crippen LogP contribution in [-0.2, 0) is 17.9 Å². The van der Waals surface area contributed by atoms with Crippen molar-refractivity contribution in [1.82, 2.24) is 14.4 Å². The van der Waals surface area contributed by atoms with Crippen molar-refractivity contribution in [3.05, 3.63) is 69.2 Å². The maximum absolute atomic E-state index is 13.0. The van der Waals surface area contributed by atoms with Gasteiger partial charge in [0.15, 0.2) is 5.58 Å². The molecule has 30 heavy (non-hydrogen) atoms. The summed E-state index contributed by atoms with van der Waals surface area (Å²) in [7, 11) is 0. The predicted octanol–water partition coefficient (Wildman–Crippen LogP) is 3.85. The van der Waals surface area contributed by atoms with Gasteiger partial charge in [-0.3, -0.25) is 14.3 Å². The van der Waals surface area contributed by atoms with E-state index in [4.69, 9.17) is 16.0 Å². The van der Waals surface area contributed by atoms with Crippen molar-refractivity contribution in [3.8, 4) is 0 Å². The van der Waals surface area contributed by atoms with Crippen LogP contribution in [-0.4, -0.2) is 39.9 Å². The zero-order chi connectivity index (χ0) is 20.0. The van der Waals surface area contributed by atoms with E-state index >= 15 is 0 Å². The molecule has 0 N–H and O–H groups in total. The van der Waals surface area contributed by atoms with Crippen LogP contribution in [0.4, 0.5) is 0 Å². The van der Waals surface area contributed by atoms with E-state index < -0.39 is 5.76 Å². The van der Waals surface area contributed by atoms with E-state index in [1.54, 1.807) is 22.8 Å². The van der Waals surface area contributed by atoms with Crippen molar-refractivity contribution < 1.29 is 9.21 Å². The Morgan fingerprint density at radius 2 is 1.87 bits per heavy atom. The third kappa shape index (κ3) is 3.87. The summed E-state index contributed by atoms with van der Waals surface area (Å²) in [4.78, 5) is 29.5. The molecule has 1 amide bonds. The lowest BCUT2D eigenvalue weighted by Crippen LogP contribution is -2.45. The molecule has 1 unspecified atom stereocenters. The normalized spacial score (nSPS) is 19.0. The molecule has 1 atom stereocenters. The van der Waals surface area contributed by atoms with Crippen LogP contribution in [0, 0.1) is 0 Å². The zero-order valence-corrected chi connectivity index (χ0v) is 18.0. The molecule has 0 aliphatic carbocycles. The number of hydrogen-bond acceptors (Lipinski definition) is 4. The number of fused-ring (bicyclic) bond motifs is 2. The van der Waals surface area contributed by atoms with Crippen molar-refractivity contribution in [2.24, 2.45) is 0 Å². The van der Waals surface area contributed by atoms with Crippen LogP contribution in [0.1, 0.15) is 30.0 Å². The fourth-order valence-electron chi connectivity index (χ4n) is 4.55. The number of aromatic nitrogens is 1. The SMILES string of the molecule is Cl.O=C(CN1Cc2ccccc2C1)N1CCCC(n2c(=O)oc3ccc(Cl)cc32)C1. The molecule has 158 valence electrons. The van der Waals surface area contributed by atoms with Gasteiger partial charge in [-0.2, -0.15) is 0 Å². The summed E-state index contributed by atoms with van der Waals surface area (Å²) in [6.45, 7) is 3.25. The van der Waals surface area contributed by atoms with Crippen LogP contribution in [0.3, 0.4) is 0 Å². The van der Waals surface area contributed by atoms with Crippen LogP contribution in [0.15, 0.2) is 51.7 Å². The van der Waals surface area contributed by atoms with Gasteiger partial charge in [0, 0.05) is 31.2 Å². The number of rotatable bonds is 3. The number of likely N-dealkylation sites (tertiary alicyclic amines) is 1. The number of oxazole rings is 1. The monoisotopic (exact) mass is 447 g/mol. The second-order valence-electron chi connectivity index (χ2n) is 7.90. The molecule has 1 aromatic heterocycles. The highest BCUT2D eigenvalue weighted by atomic mass is 35.5. The van der Waals surface area contributed by atoms with E-state index in [0.717, 1.165) is 32.5 Å². The van der Waals surface area contributed by atoms with Crippen molar-refractivity contribution in [3.63, 3.8) is 0 Å². The molecule has 0 bridgehead atoms. The number of nitrogens with zero attached hydrogens (tertiary/aromatic N) is 3. The van der Waals surface area contributed by atoms with E-state index in [-0.39, 0.29) is 24.4 Å². The maximum atomic E-state index is 13.0. The topological polar surface area (TPSA) is 58.7 Å². The van der Waals surface area contributed by atoms with Crippen LogP contribution in [0.2, 0.25) is 5.02 Å². The molecule has 5 rings (SSSR count). The lowest BCUT2D eigenvalue weighted by Gasteiger charge is -2.34. The Bertz CT molecular complexity index is 1120. The Hall–Kier alpha value is -2.28. The first-order valence-electron chi connectivity index (χ1n) is 9.96. The molecule has 2 aromatic carbocycles. The summed E-state index contributed by atoms with van der Waals surface area (Å²) in [6, 6.07) is 13.4. The van der Waals surface area contributed by atoms with Crippen LogP contribution < -0.4 is 5.76 Å². The summed E-state index contributed by atoms with van der Waals surface area (Å²) >= 11 is 6.12. The Balaban J connectivity index is 0.00000218. The highest BCUT2D eigenvalue weighted by Gasteiger charge is 2.29. The second-order valence-corrected chi connectivity index (χ2v) is 8.34. The van der Waals surface area contributed by atoms with E-state index in [0.29, 0.717) is 29.2 Å². The Labute approximate surface area is 185 Å². The predicted molar refractivity (Wildman–Crippen MR) is 118 cm³/mol. The van der Waals surface area contributed by atoms with E-state index in [2.05, 4.69) is 17.0 Å². The molecular weight excluding hydrogens is 425 g/mol. The molecule has 1 fully saturated rings. The first kappa shape index (κ1) is 21.0. The van der Waals surface area contributed by atoms with Gasteiger partial charge >= 0.3 is 5.76 Å². The molecule has 6 nitrogen and oxygen atoms in total. The number of halogens is 2. The Morgan fingerprint density at radius 1 is 1.13 bits per heavy atom. The average Bonchev–Trinajstić information content (AvgIpc) is 3.27. The minimum atomic E-state index is -0.392. The van der Waals surface area contributed by atoms with E-state index in [1.807, 2.05) is 17.0 Å². The molecular formula is C22H23Cl2N3O3. The maximum Gasteiger partial charge on any atom is 0.420 e. The van der Waals surface area contributed by atoms with Gasteiger partial charge < -0.3 is 9.32 Å². The summed E-state index contributed by atoms with van der Waals surface area (Å²) in [5.74, 6) is -0.280. The molecule has 2 aliphatic rings. The molecule has 0 saturated carbocycles. The lowest BCUT2D eigenvalue weighted by atomic mass is 10.0. The van der Waals surface area contributed by atoms with Gasteiger partial charge in [0.1, 0.15) is 0 Å². The molecule has 8 heteroatoms. The highest BCUT2D eigenvalue weighted by Crippen LogP contribution is 2.27. The third-order valence-electron chi connectivity index (χ3n) is 5.95. The third-order valence-corrected chi connectivity index (χ3v) is 6.19. The van der Waals surface area contributed by atoms with Crippen molar-refractivity contribution in [2.45, 2.75) is 32.0 Å². The Kier molecular flexibility index (Phi) is 5.91. The van der Waals surface area contributed by atoms with Gasteiger partial charge in [-0.25, -0.2) is 4.79 Å². The summed E-state index contributed by atoms with van der Waals surface area (Å²) in [5.41, 5.74) is 3.81. The average molecular weight is 448 g/mol. The minimum absolute atomic E-state index is 0. The molecule has 3 heterocycles. The van der Waals surface area contributed by atoms with Crippen molar-refractivity contribution in [1.29, 1.82) is 0 Å². The number of benzene rings is 2. The fraction of sp³-hybridized carbons (Fsp3) is 0.364. The first-order chi connectivity index (χ1) is 14.1. The number of piperidine rings is 1. The summed E-state index contributed by atoms with van der Waals surface area (Å²) < 4.78 is 7.04. The molecule has 1 saturated heterocycles. The standard InChI is InChI=1S/C22H22ClN3O3.ClH/c23-17-7-8-20-19(10-17)26(22(28)29-20)18-6-3-9-25(13-18)21(27)14-24-11-15-4-1-2-5-16(15)12-24;/h1-2,4-5,7-8,10,18H,3,6,9,11-14H2;1H. The van der Waals surface area contributed by atoms with Gasteiger partial charge in [0.2, 0.25) is 5.91 Å². The second kappa shape index (κ2) is 8.46. The van der Waals surface area contributed by atoms with Crippen molar-refractivity contribution >= 4 is 41.0 Å². The van der Waals surface area contributed by atoms with Crippen LogP contribution in [0.5, 0.6) is 0 Å². The van der Waals surface area contributed by atoms with Crippen LogP contribution >= 0.6 is 24.0 Å². The van der Waals surface area contributed by atoms with Gasteiger partial charge in [0.05, 0.1) is 18.1 Å². The first-order valence-corrected chi connectivity index (χ1v) is 10.3. The molecule has 0 radical (unpaired) electrons. The fourth-order valence-corrected chi connectivity index (χ4v) is 4.72. The quantitative estimate of drug-likeness (QED) is 0.611. The number of carbonyl (C=O) groups is 1. The molecule has 0 spiro atoms. The van der Waals surface area contributed by atoms with Gasteiger partial charge in [-0.1, -0.05) is 35.9 Å². The van der Waals surface area contributed by atoms with Gasteiger partial charge in [-0.05, 0) is 42.2 Å². The lowest BCUT2D eigenvalue weighted by molar-refractivity contribution is -0.134. The molecule has 3 aromatic rings. The van der Waals surface area contributed by atoms with Gasteiger partial charge in [-0.15, -0.1) is 12.4 Å². The smallest absolute Gasteiger partial charge is 0.408 e. The number of carbonyl (C=O) groups excluding carboxylic acids is 1. The van der Waals surface area contributed by atoms with Gasteiger partial charge in [0.25, 0.3) is 0 Å². The van der Waals surface area contributed by atoms with E-state index in [9.17, 15) is 9.59 Å². The highest BCUT2D eigenvalue weighted by molar-refractivity contribution is 6.31. The zero-order valence-electron chi connectivity index (χ0n) is 16.4. The van der Waals surface area contributed by atoms with Crippen molar-refractivity contribution in [2.75, 3.05) is 19.6 Å².